The lowest BCUT2D eigenvalue weighted by atomic mass is 10.0. The van der Waals surface area contributed by atoms with Crippen LogP contribution in [-0.2, 0) is 6.42 Å². The van der Waals surface area contributed by atoms with Gasteiger partial charge >= 0.3 is 0 Å². The molecule has 1 N–H and O–H groups in total. The average Bonchev–Trinajstić information content (AvgIpc) is 2.82. The van der Waals surface area contributed by atoms with Gasteiger partial charge in [0.15, 0.2) is 0 Å². The Morgan fingerprint density at radius 3 is 2.80 bits per heavy atom. The monoisotopic (exact) mass is 337 g/mol. The highest BCUT2D eigenvalue weighted by molar-refractivity contribution is 9.10. The van der Waals surface area contributed by atoms with E-state index in [1.54, 1.807) is 0 Å². The van der Waals surface area contributed by atoms with E-state index in [-0.39, 0.29) is 0 Å². The van der Waals surface area contributed by atoms with Crippen molar-refractivity contribution in [3.63, 3.8) is 0 Å². The number of halogens is 1. The van der Waals surface area contributed by atoms with Crippen LogP contribution < -0.4 is 5.32 Å². The molecule has 20 heavy (non-hydrogen) atoms. The molecule has 1 unspecified atom stereocenters. The minimum Gasteiger partial charge on any atom is -0.310 e. The van der Waals surface area contributed by atoms with Crippen LogP contribution in [0.4, 0.5) is 0 Å². The number of fused-ring (bicyclic) bond motifs is 1. The molecular formula is C18H28BrN. The Morgan fingerprint density at radius 2 is 2.00 bits per heavy atom. The summed E-state index contributed by atoms with van der Waals surface area (Å²) in [6.07, 6.45) is 9.34. The lowest BCUT2D eigenvalue weighted by Gasteiger charge is -2.14. The summed E-state index contributed by atoms with van der Waals surface area (Å²) in [7, 11) is 0. The van der Waals surface area contributed by atoms with Crippen molar-refractivity contribution in [3.05, 3.63) is 33.8 Å². The van der Waals surface area contributed by atoms with Gasteiger partial charge in [0.25, 0.3) is 0 Å². The van der Waals surface area contributed by atoms with Crippen molar-refractivity contribution in [1.29, 1.82) is 0 Å². The quantitative estimate of drug-likeness (QED) is 0.606. The predicted molar refractivity (Wildman–Crippen MR) is 91.1 cm³/mol. The number of hydrogen-bond donors (Lipinski definition) is 1. The van der Waals surface area contributed by atoms with Crippen molar-refractivity contribution in [3.8, 4) is 0 Å². The van der Waals surface area contributed by atoms with E-state index in [0.717, 1.165) is 12.5 Å². The lowest BCUT2D eigenvalue weighted by molar-refractivity contribution is 0.485. The second kappa shape index (κ2) is 8.19. The Balaban J connectivity index is 1.64. The average molecular weight is 338 g/mol. The van der Waals surface area contributed by atoms with E-state index >= 15 is 0 Å². The summed E-state index contributed by atoms with van der Waals surface area (Å²) in [5.74, 6) is 0.863. The Hall–Kier alpha value is -0.340. The third-order valence-corrected chi connectivity index (χ3v) is 5.06. The molecule has 0 aromatic heterocycles. The van der Waals surface area contributed by atoms with Gasteiger partial charge in [-0.05, 0) is 48.9 Å². The van der Waals surface area contributed by atoms with Crippen molar-refractivity contribution in [1.82, 2.24) is 5.32 Å². The first-order chi connectivity index (χ1) is 9.68. The van der Waals surface area contributed by atoms with Crippen LogP contribution >= 0.6 is 15.9 Å². The zero-order valence-electron chi connectivity index (χ0n) is 12.9. The van der Waals surface area contributed by atoms with Crippen LogP contribution in [0.2, 0.25) is 0 Å². The van der Waals surface area contributed by atoms with Crippen LogP contribution in [0.1, 0.15) is 69.5 Å². The van der Waals surface area contributed by atoms with E-state index in [0.29, 0.717) is 6.04 Å². The fourth-order valence-corrected chi connectivity index (χ4v) is 3.71. The maximum Gasteiger partial charge on any atom is 0.0326 e. The van der Waals surface area contributed by atoms with Crippen molar-refractivity contribution in [2.75, 3.05) is 6.54 Å². The summed E-state index contributed by atoms with van der Waals surface area (Å²) in [6.45, 7) is 5.80. The van der Waals surface area contributed by atoms with E-state index in [9.17, 15) is 0 Å². The minimum atomic E-state index is 0.582. The summed E-state index contributed by atoms with van der Waals surface area (Å²) in [5, 5.41) is 3.74. The molecule has 1 aliphatic carbocycles. The summed E-state index contributed by atoms with van der Waals surface area (Å²) < 4.78 is 1.29. The van der Waals surface area contributed by atoms with Crippen LogP contribution in [0.25, 0.3) is 0 Å². The minimum absolute atomic E-state index is 0.582. The SMILES string of the molecule is CC(C)CCCCCCNC1CCc2c(Br)cccc21. The molecule has 1 aromatic carbocycles. The molecule has 0 aliphatic heterocycles. The summed E-state index contributed by atoms with van der Waals surface area (Å²) in [4.78, 5) is 0. The second-order valence-corrected chi connectivity index (χ2v) is 7.30. The molecule has 112 valence electrons. The third kappa shape index (κ3) is 4.60. The van der Waals surface area contributed by atoms with Gasteiger partial charge in [-0.2, -0.15) is 0 Å². The Labute approximate surface area is 132 Å². The molecule has 1 aromatic rings. The fourth-order valence-electron chi connectivity index (χ4n) is 3.13. The second-order valence-electron chi connectivity index (χ2n) is 6.45. The summed E-state index contributed by atoms with van der Waals surface area (Å²) >= 11 is 3.67. The van der Waals surface area contributed by atoms with E-state index in [1.165, 1.54) is 60.5 Å². The van der Waals surface area contributed by atoms with Crippen molar-refractivity contribution in [2.24, 2.45) is 5.92 Å². The molecular weight excluding hydrogens is 310 g/mol. The van der Waals surface area contributed by atoms with Crippen LogP contribution in [0, 0.1) is 5.92 Å². The van der Waals surface area contributed by atoms with E-state index in [2.05, 4.69) is 53.3 Å². The van der Waals surface area contributed by atoms with Gasteiger partial charge in [-0.15, -0.1) is 0 Å². The molecule has 0 spiro atoms. The molecule has 0 radical (unpaired) electrons. The van der Waals surface area contributed by atoms with Gasteiger partial charge in [0, 0.05) is 10.5 Å². The van der Waals surface area contributed by atoms with Crippen LogP contribution in [0.15, 0.2) is 22.7 Å². The smallest absolute Gasteiger partial charge is 0.0326 e. The predicted octanol–water partition coefficient (Wildman–Crippen LogP) is 5.63. The van der Waals surface area contributed by atoms with Crippen molar-refractivity contribution < 1.29 is 0 Å². The molecule has 1 aliphatic rings. The molecule has 2 heteroatoms. The van der Waals surface area contributed by atoms with Gasteiger partial charge in [0.1, 0.15) is 0 Å². The van der Waals surface area contributed by atoms with Crippen molar-refractivity contribution >= 4 is 15.9 Å². The standard InChI is InChI=1S/C18H28BrN/c1-14(2)8-5-3-4-6-13-20-18-12-11-15-16(18)9-7-10-17(15)19/h7,9-10,14,18,20H,3-6,8,11-13H2,1-2H3. The summed E-state index contributed by atoms with van der Waals surface area (Å²) in [5.41, 5.74) is 3.03. The molecule has 0 fully saturated rings. The van der Waals surface area contributed by atoms with Gasteiger partial charge in [-0.1, -0.05) is 67.6 Å². The highest BCUT2D eigenvalue weighted by Crippen LogP contribution is 2.35. The van der Waals surface area contributed by atoms with Gasteiger partial charge in [-0.25, -0.2) is 0 Å². The van der Waals surface area contributed by atoms with Gasteiger partial charge in [-0.3, -0.25) is 0 Å². The fraction of sp³-hybridized carbons (Fsp3) is 0.667. The zero-order chi connectivity index (χ0) is 14.4. The zero-order valence-corrected chi connectivity index (χ0v) is 14.5. The lowest BCUT2D eigenvalue weighted by Crippen LogP contribution is -2.20. The molecule has 0 amide bonds. The van der Waals surface area contributed by atoms with Crippen LogP contribution in [0.5, 0.6) is 0 Å². The summed E-state index contributed by atoms with van der Waals surface area (Å²) in [6, 6.07) is 7.19. The topological polar surface area (TPSA) is 12.0 Å². The first-order valence-corrected chi connectivity index (χ1v) is 8.98. The molecule has 1 atom stereocenters. The number of hydrogen-bond acceptors (Lipinski definition) is 1. The van der Waals surface area contributed by atoms with Gasteiger partial charge in [0.2, 0.25) is 0 Å². The molecule has 1 nitrogen and oxygen atoms in total. The van der Waals surface area contributed by atoms with E-state index < -0.39 is 0 Å². The number of unbranched alkanes of at least 4 members (excludes halogenated alkanes) is 3. The Kier molecular flexibility index (Phi) is 6.57. The highest BCUT2D eigenvalue weighted by Gasteiger charge is 2.22. The first kappa shape index (κ1) is 16.0. The molecule has 2 rings (SSSR count). The Morgan fingerprint density at radius 1 is 1.20 bits per heavy atom. The Bertz CT molecular complexity index is 414. The maximum atomic E-state index is 3.74. The normalized spacial score (nSPS) is 17.7. The van der Waals surface area contributed by atoms with E-state index in [4.69, 9.17) is 0 Å². The maximum absolute atomic E-state index is 3.74. The van der Waals surface area contributed by atoms with Gasteiger partial charge < -0.3 is 5.32 Å². The molecule has 0 saturated carbocycles. The number of benzene rings is 1. The molecule has 0 heterocycles. The largest absolute Gasteiger partial charge is 0.310 e. The number of nitrogens with one attached hydrogen (secondary N) is 1. The molecule has 0 bridgehead atoms. The van der Waals surface area contributed by atoms with E-state index in [1.807, 2.05) is 0 Å². The molecule has 0 saturated heterocycles. The third-order valence-electron chi connectivity index (χ3n) is 4.31. The van der Waals surface area contributed by atoms with Crippen molar-refractivity contribution in [2.45, 2.75) is 64.8 Å². The van der Waals surface area contributed by atoms with Gasteiger partial charge in [0.05, 0.1) is 0 Å². The first-order valence-electron chi connectivity index (χ1n) is 8.19. The van der Waals surface area contributed by atoms with Crippen LogP contribution in [0.3, 0.4) is 0 Å². The highest BCUT2D eigenvalue weighted by atomic mass is 79.9. The number of rotatable bonds is 8. The van der Waals surface area contributed by atoms with Crippen LogP contribution in [-0.4, -0.2) is 6.54 Å².